The fourth-order valence-electron chi connectivity index (χ4n) is 8.18. The average Bonchev–Trinajstić information content (AvgIpc) is 3.57. The second-order valence-electron chi connectivity index (χ2n) is 19.5. The van der Waals surface area contributed by atoms with E-state index in [1.807, 2.05) is 0 Å². The zero-order valence-electron chi connectivity index (χ0n) is 42.5. The van der Waals surface area contributed by atoms with Crippen LogP contribution < -0.4 is 11.4 Å². The number of carbonyl (C=O) groups excluding carboxylic acids is 2. The lowest BCUT2D eigenvalue weighted by atomic mass is 9.99. The van der Waals surface area contributed by atoms with Crippen molar-refractivity contribution in [1.29, 1.82) is 0 Å². The molecule has 1 aliphatic heterocycles. The number of aliphatic hydroxyl groups excluding tert-OH is 2. The standard InChI is InChI=1S/C49H91N3O15P2/c1-5-40(4)31-27-23-18-16-14-12-10-8-6-7-9-11-13-15-17-19-25-29-33-45(54)65-41(36-62-44(53)32-28-24-21-20-22-26-30-39(2)3)37-63-68(58,59)67-69(60,61)64-38-42-46(55)47(56)48(66-42)52-35-34-43(50)51-49(52)57/h34-35,39-42,46-48,55-56H,5-33,36-38H2,1-4H3,(H,58,59)(H,60,61)(H2,50,51,57)/t40?,41-,42-,46+,47?,48-/m1/s1. The van der Waals surface area contributed by atoms with Crippen LogP contribution in [0.1, 0.15) is 220 Å². The van der Waals surface area contributed by atoms with E-state index in [2.05, 4.69) is 37.0 Å². The molecule has 6 N–H and O–H groups in total. The number of nitrogen functional groups attached to an aromatic ring is 1. The summed E-state index contributed by atoms with van der Waals surface area (Å²) in [5.41, 5.74) is 4.59. The number of aromatic nitrogens is 2. The fraction of sp³-hybridized carbons (Fsp3) is 0.878. The van der Waals surface area contributed by atoms with Gasteiger partial charge in [0.2, 0.25) is 0 Å². The summed E-state index contributed by atoms with van der Waals surface area (Å²) < 4.78 is 56.7. The zero-order valence-corrected chi connectivity index (χ0v) is 44.3. The average molecular weight is 1020 g/mol. The first-order valence-electron chi connectivity index (χ1n) is 26.3. The summed E-state index contributed by atoms with van der Waals surface area (Å²) in [6.45, 7) is 6.75. The normalized spacial score (nSPS) is 19.8. The molecule has 18 nitrogen and oxygen atoms in total. The lowest BCUT2D eigenvalue weighted by Crippen LogP contribution is -2.36. The van der Waals surface area contributed by atoms with Crippen molar-refractivity contribution in [3.63, 3.8) is 0 Å². The monoisotopic (exact) mass is 1020 g/mol. The third-order valence-electron chi connectivity index (χ3n) is 12.7. The largest absolute Gasteiger partial charge is 0.481 e. The van der Waals surface area contributed by atoms with Crippen LogP contribution in [0.3, 0.4) is 0 Å². The Balaban J connectivity index is 1.73. The van der Waals surface area contributed by atoms with Crippen molar-refractivity contribution in [3.05, 3.63) is 22.7 Å². The minimum atomic E-state index is -5.42. The van der Waals surface area contributed by atoms with Crippen LogP contribution in [0.15, 0.2) is 17.1 Å². The fourth-order valence-corrected chi connectivity index (χ4v) is 10.3. The van der Waals surface area contributed by atoms with Gasteiger partial charge in [0.25, 0.3) is 0 Å². The first-order valence-corrected chi connectivity index (χ1v) is 29.3. The molecule has 8 atom stereocenters. The Hall–Kier alpha value is -2.24. The van der Waals surface area contributed by atoms with Gasteiger partial charge in [-0.1, -0.05) is 188 Å². The Morgan fingerprint density at radius 3 is 1.65 bits per heavy atom. The van der Waals surface area contributed by atoms with E-state index >= 15 is 0 Å². The summed E-state index contributed by atoms with van der Waals surface area (Å²) in [4.78, 5) is 61.8. The Kier molecular flexibility index (Phi) is 33.4. The second-order valence-corrected chi connectivity index (χ2v) is 22.5. The van der Waals surface area contributed by atoms with Crippen LogP contribution in [-0.2, 0) is 46.3 Å². The maximum absolute atomic E-state index is 12.9. The zero-order chi connectivity index (χ0) is 50.9. The minimum Gasteiger partial charge on any atom is -0.462 e. The molecule has 69 heavy (non-hydrogen) atoms. The number of phosphoric acid groups is 2. The number of aliphatic hydroxyl groups is 2. The number of carbonyl (C=O) groups is 2. The first-order chi connectivity index (χ1) is 32.9. The molecule has 0 saturated carbocycles. The van der Waals surface area contributed by atoms with E-state index in [4.69, 9.17) is 29.0 Å². The van der Waals surface area contributed by atoms with Crippen LogP contribution in [-0.4, -0.2) is 85.7 Å². The van der Waals surface area contributed by atoms with Gasteiger partial charge in [0, 0.05) is 19.0 Å². The van der Waals surface area contributed by atoms with Crippen LogP contribution in [0.5, 0.6) is 0 Å². The first kappa shape index (κ1) is 62.9. The SMILES string of the molecule is CCC(C)CCCCCCCCCCCCCCCCCCCCC(=O)O[C@H](COC(=O)CCCCCCCCC(C)C)COP(=O)(O)OP(=O)(O)OC[C@H]1O[C@@H](n2ccc(N)nc2=O)C(O)[C@H]1O. The molecule has 4 unspecified atom stereocenters. The van der Waals surface area contributed by atoms with Gasteiger partial charge in [0.1, 0.15) is 30.7 Å². The molecule has 0 spiro atoms. The summed E-state index contributed by atoms with van der Waals surface area (Å²) in [5.74, 6) is 0.262. The van der Waals surface area contributed by atoms with E-state index in [1.165, 1.54) is 121 Å². The summed E-state index contributed by atoms with van der Waals surface area (Å²) in [7, 11) is -10.8. The van der Waals surface area contributed by atoms with E-state index in [0.717, 1.165) is 61.9 Å². The van der Waals surface area contributed by atoms with Crippen molar-refractivity contribution in [3.8, 4) is 0 Å². The Morgan fingerprint density at radius 1 is 0.696 bits per heavy atom. The number of rotatable bonds is 43. The summed E-state index contributed by atoms with van der Waals surface area (Å²) in [6, 6.07) is 1.25. The molecule has 0 bridgehead atoms. The van der Waals surface area contributed by atoms with Crippen LogP contribution in [0.2, 0.25) is 0 Å². The number of hydrogen-bond acceptors (Lipinski definition) is 15. The highest BCUT2D eigenvalue weighted by Crippen LogP contribution is 2.60. The number of unbranched alkanes of at least 4 members (excludes halogenated alkanes) is 22. The highest BCUT2D eigenvalue weighted by atomic mass is 31.3. The maximum atomic E-state index is 12.9. The summed E-state index contributed by atoms with van der Waals surface area (Å²) in [5, 5.41) is 20.9. The highest BCUT2D eigenvalue weighted by Gasteiger charge is 2.46. The van der Waals surface area contributed by atoms with E-state index in [0.29, 0.717) is 18.8 Å². The van der Waals surface area contributed by atoms with E-state index in [9.17, 15) is 43.5 Å². The number of esters is 2. The number of phosphoric ester groups is 2. The van der Waals surface area contributed by atoms with Crippen LogP contribution in [0.25, 0.3) is 0 Å². The minimum absolute atomic E-state index is 0.0566. The Bertz CT molecular complexity index is 1690. The van der Waals surface area contributed by atoms with Gasteiger partial charge < -0.3 is 39.9 Å². The van der Waals surface area contributed by atoms with Gasteiger partial charge in [-0.15, -0.1) is 0 Å². The van der Waals surface area contributed by atoms with E-state index in [1.54, 1.807) is 0 Å². The Morgan fingerprint density at radius 2 is 1.16 bits per heavy atom. The number of anilines is 1. The lowest BCUT2D eigenvalue weighted by Gasteiger charge is -2.21. The highest BCUT2D eigenvalue weighted by molar-refractivity contribution is 7.61. The van der Waals surface area contributed by atoms with Crippen LogP contribution in [0, 0.1) is 11.8 Å². The predicted molar refractivity (Wildman–Crippen MR) is 266 cm³/mol. The van der Waals surface area contributed by atoms with E-state index < -0.39 is 83.7 Å². The second kappa shape index (κ2) is 36.6. The molecule has 402 valence electrons. The van der Waals surface area contributed by atoms with E-state index in [-0.39, 0.29) is 18.7 Å². The number of hydrogen-bond donors (Lipinski definition) is 5. The molecule has 0 aromatic carbocycles. The smallest absolute Gasteiger partial charge is 0.462 e. The summed E-state index contributed by atoms with van der Waals surface area (Å²) in [6.07, 6.45) is 25.1. The molecule has 1 aromatic heterocycles. The predicted octanol–water partition coefficient (Wildman–Crippen LogP) is 10.8. The van der Waals surface area contributed by atoms with Crippen molar-refractivity contribution < 1.29 is 66.3 Å². The third-order valence-corrected chi connectivity index (χ3v) is 15.3. The molecule has 1 aliphatic rings. The third kappa shape index (κ3) is 30.4. The van der Waals surface area contributed by atoms with Gasteiger partial charge in [-0.25, -0.2) is 13.9 Å². The van der Waals surface area contributed by atoms with Crippen molar-refractivity contribution in [1.82, 2.24) is 9.55 Å². The molecule has 0 radical (unpaired) electrons. The molecule has 0 aliphatic carbocycles. The maximum Gasteiger partial charge on any atom is 0.481 e. The van der Waals surface area contributed by atoms with Crippen molar-refractivity contribution in [2.24, 2.45) is 11.8 Å². The molecule has 2 heterocycles. The molecule has 1 saturated heterocycles. The Labute approximate surface area is 412 Å². The van der Waals surface area contributed by atoms with Gasteiger partial charge >= 0.3 is 33.3 Å². The number of nitrogens with zero attached hydrogens (tertiary/aromatic N) is 2. The molecular formula is C49H91N3O15P2. The lowest BCUT2D eigenvalue weighted by molar-refractivity contribution is -0.161. The molecular weight excluding hydrogens is 932 g/mol. The topological polar surface area (TPSA) is 265 Å². The summed E-state index contributed by atoms with van der Waals surface area (Å²) >= 11 is 0. The van der Waals surface area contributed by atoms with Gasteiger partial charge in [-0.3, -0.25) is 23.2 Å². The van der Waals surface area contributed by atoms with Crippen LogP contribution >= 0.6 is 15.6 Å². The number of nitrogens with two attached hydrogens (primary N) is 1. The van der Waals surface area contributed by atoms with Gasteiger partial charge in [-0.05, 0) is 30.7 Å². The van der Waals surface area contributed by atoms with Gasteiger partial charge in [0.15, 0.2) is 12.3 Å². The molecule has 2 rings (SSSR count). The number of ether oxygens (including phenoxy) is 3. The van der Waals surface area contributed by atoms with Crippen molar-refractivity contribution in [2.45, 2.75) is 245 Å². The molecule has 1 fully saturated rings. The van der Waals surface area contributed by atoms with Gasteiger partial charge in [0.05, 0.1) is 13.2 Å². The molecule has 0 amide bonds. The molecule has 1 aromatic rings. The molecule has 20 heteroatoms. The van der Waals surface area contributed by atoms with Crippen LogP contribution in [0.4, 0.5) is 5.82 Å². The van der Waals surface area contributed by atoms with Crippen molar-refractivity contribution in [2.75, 3.05) is 25.6 Å². The van der Waals surface area contributed by atoms with Crippen molar-refractivity contribution >= 4 is 33.4 Å². The van der Waals surface area contributed by atoms with Gasteiger partial charge in [-0.2, -0.15) is 9.29 Å². The quantitative estimate of drug-likeness (QED) is 0.0231.